The first-order chi connectivity index (χ1) is 9.38. The average Bonchev–Trinajstić information content (AvgIpc) is 2.90. The van der Waals surface area contributed by atoms with Crippen LogP contribution in [0, 0.1) is 17.3 Å². The Labute approximate surface area is 124 Å². The molecule has 0 radical (unpaired) electrons. The molecule has 2 aliphatic rings. The van der Waals surface area contributed by atoms with Gasteiger partial charge in [-0.05, 0) is 56.4 Å². The van der Waals surface area contributed by atoms with Crippen molar-refractivity contribution in [3.63, 3.8) is 0 Å². The third-order valence-electron chi connectivity index (χ3n) is 5.33. The molecule has 1 heterocycles. The van der Waals surface area contributed by atoms with Gasteiger partial charge in [0, 0.05) is 25.6 Å². The lowest BCUT2D eigenvalue weighted by Gasteiger charge is -2.37. The van der Waals surface area contributed by atoms with Crippen LogP contribution in [0.3, 0.4) is 0 Å². The molecule has 0 bridgehead atoms. The van der Waals surface area contributed by atoms with Gasteiger partial charge in [-0.3, -0.25) is 4.79 Å². The number of hydrogen-bond acceptors (Lipinski definition) is 2. The van der Waals surface area contributed by atoms with E-state index in [0.29, 0.717) is 17.4 Å². The summed E-state index contributed by atoms with van der Waals surface area (Å²) in [6.07, 6.45) is 7.08. The van der Waals surface area contributed by atoms with Gasteiger partial charge in [-0.15, -0.1) is 0 Å². The topological polar surface area (TPSA) is 32.3 Å². The van der Waals surface area contributed by atoms with E-state index in [1.54, 1.807) is 0 Å². The number of nitrogens with zero attached hydrogens (tertiary/aromatic N) is 1. The Morgan fingerprint density at radius 3 is 2.30 bits per heavy atom. The van der Waals surface area contributed by atoms with Crippen molar-refractivity contribution < 1.29 is 4.79 Å². The van der Waals surface area contributed by atoms with E-state index in [9.17, 15) is 4.79 Å². The standard InChI is InChI=1S/C17H32N2O/c1-17(2,3)14-9-7-13(8-10-14)16(20)19(4)12-15-6-5-11-18-15/h13-15,18H,5-12H2,1-4H3. The minimum absolute atomic E-state index is 0.278. The van der Waals surface area contributed by atoms with Crippen LogP contribution in [0.25, 0.3) is 0 Å². The van der Waals surface area contributed by atoms with Gasteiger partial charge in [0.25, 0.3) is 0 Å². The summed E-state index contributed by atoms with van der Waals surface area (Å²) < 4.78 is 0. The molecule has 1 aliphatic heterocycles. The summed E-state index contributed by atoms with van der Waals surface area (Å²) in [6, 6.07) is 0.523. The number of amides is 1. The minimum atomic E-state index is 0.278. The fourth-order valence-electron chi connectivity index (χ4n) is 3.85. The molecule has 0 aromatic rings. The van der Waals surface area contributed by atoms with Gasteiger partial charge in [0.15, 0.2) is 0 Å². The van der Waals surface area contributed by atoms with Gasteiger partial charge in [-0.2, -0.15) is 0 Å². The molecule has 0 spiro atoms. The lowest BCUT2D eigenvalue weighted by atomic mass is 9.69. The number of carbonyl (C=O) groups is 1. The summed E-state index contributed by atoms with van der Waals surface area (Å²) in [7, 11) is 1.98. The van der Waals surface area contributed by atoms with Gasteiger partial charge < -0.3 is 10.2 Å². The van der Waals surface area contributed by atoms with Crippen molar-refractivity contribution in [1.29, 1.82) is 0 Å². The Bertz CT molecular complexity index is 320. The second-order valence-electron chi connectivity index (χ2n) is 7.93. The van der Waals surface area contributed by atoms with Gasteiger partial charge in [0.05, 0.1) is 0 Å². The fourth-order valence-corrected chi connectivity index (χ4v) is 3.85. The highest BCUT2D eigenvalue weighted by Gasteiger charge is 2.33. The first kappa shape index (κ1) is 15.8. The predicted octanol–water partition coefficient (Wildman–Crippen LogP) is 3.05. The number of likely N-dealkylation sites (N-methyl/N-ethyl adjacent to an activating group) is 1. The third-order valence-corrected chi connectivity index (χ3v) is 5.33. The van der Waals surface area contributed by atoms with Gasteiger partial charge in [0.1, 0.15) is 0 Å². The van der Waals surface area contributed by atoms with E-state index in [4.69, 9.17) is 0 Å². The molecule has 3 nitrogen and oxygen atoms in total. The van der Waals surface area contributed by atoms with Crippen molar-refractivity contribution in [3.8, 4) is 0 Å². The zero-order chi connectivity index (χ0) is 14.8. The molecular weight excluding hydrogens is 248 g/mol. The van der Waals surface area contributed by atoms with Gasteiger partial charge >= 0.3 is 0 Å². The van der Waals surface area contributed by atoms with E-state index in [0.717, 1.165) is 31.8 Å². The molecule has 2 fully saturated rings. The highest BCUT2D eigenvalue weighted by molar-refractivity contribution is 5.78. The van der Waals surface area contributed by atoms with Crippen LogP contribution >= 0.6 is 0 Å². The van der Waals surface area contributed by atoms with Crippen LogP contribution in [0.2, 0.25) is 0 Å². The summed E-state index contributed by atoms with van der Waals surface area (Å²) in [5.74, 6) is 1.44. The van der Waals surface area contributed by atoms with E-state index >= 15 is 0 Å². The quantitative estimate of drug-likeness (QED) is 0.862. The van der Waals surface area contributed by atoms with E-state index in [-0.39, 0.29) is 5.92 Å². The molecule has 20 heavy (non-hydrogen) atoms. The maximum absolute atomic E-state index is 12.5. The smallest absolute Gasteiger partial charge is 0.225 e. The Kier molecular flexibility index (Phi) is 5.11. The van der Waals surface area contributed by atoms with Crippen molar-refractivity contribution >= 4 is 5.91 Å². The summed E-state index contributed by atoms with van der Waals surface area (Å²) >= 11 is 0. The zero-order valence-corrected chi connectivity index (χ0v) is 13.7. The molecule has 1 saturated heterocycles. The second kappa shape index (κ2) is 6.46. The Morgan fingerprint density at radius 1 is 1.15 bits per heavy atom. The van der Waals surface area contributed by atoms with Crippen LogP contribution in [0.4, 0.5) is 0 Å². The van der Waals surface area contributed by atoms with Crippen LogP contribution in [0.1, 0.15) is 59.3 Å². The predicted molar refractivity (Wildman–Crippen MR) is 83.6 cm³/mol. The van der Waals surface area contributed by atoms with Gasteiger partial charge in [-0.25, -0.2) is 0 Å². The molecule has 3 heteroatoms. The summed E-state index contributed by atoms with van der Waals surface area (Å²) in [5, 5.41) is 3.48. The van der Waals surface area contributed by atoms with Gasteiger partial charge in [-0.1, -0.05) is 20.8 Å². The number of hydrogen-bond donors (Lipinski definition) is 1. The molecular formula is C17H32N2O. The van der Waals surface area contributed by atoms with Crippen molar-refractivity contribution in [2.75, 3.05) is 20.1 Å². The van der Waals surface area contributed by atoms with Gasteiger partial charge in [0.2, 0.25) is 5.91 Å². The van der Waals surface area contributed by atoms with Crippen molar-refractivity contribution in [2.24, 2.45) is 17.3 Å². The zero-order valence-electron chi connectivity index (χ0n) is 13.7. The molecule has 1 atom stereocenters. The minimum Gasteiger partial charge on any atom is -0.344 e. The maximum Gasteiger partial charge on any atom is 0.225 e. The van der Waals surface area contributed by atoms with Crippen LogP contribution in [0.15, 0.2) is 0 Å². The molecule has 0 aromatic heterocycles. The van der Waals surface area contributed by atoms with E-state index in [2.05, 4.69) is 26.1 Å². The lowest BCUT2D eigenvalue weighted by molar-refractivity contribution is -0.136. The monoisotopic (exact) mass is 280 g/mol. The summed E-state index contributed by atoms with van der Waals surface area (Å²) in [6.45, 7) is 8.99. The van der Waals surface area contributed by atoms with E-state index < -0.39 is 0 Å². The molecule has 2 rings (SSSR count). The van der Waals surface area contributed by atoms with Crippen LogP contribution in [-0.2, 0) is 4.79 Å². The normalized spacial score (nSPS) is 31.3. The largest absolute Gasteiger partial charge is 0.344 e. The molecule has 0 aromatic carbocycles. The Hall–Kier alpha value is -0.570. The molecule has 1 unspecified atom stereocenters. The fraction of sp³-hybridized carbons (Fsp3) is 0.941. The number of carbonyl (C=O) groups excluding carboxylic acids is 1. The first-order valence-electron chi connectivity index (χ1n) is 8.36. The molecule has 1 N–H and O–H groups in total. The Morgan fingerprint density at radius 2 is 1.80 bits per heavy atom. The van der Waals surface area contributed by atoms with E-state index in [1.807, 2.05) is 11.9 Å². The van der Waals surface area contributed by atoms with Crippen LogP contribution in [0.5, 0.6) is 0 Å². The first-order valence-corrected chi connectivity index (χ1v) is 8.36. The maximum atomic E-state index is 12.5. The SMILES string of the molecule is CN(CC1CCCN1)C(=O)C1CCC(C(C)(C)C)CC1. The second-order valence-corrected chi connectivity index (χ2v) is 7.93. The number of rotatable bonds is 3. The number of nitrogens with one attached hydrogen (secondary N) is 1. The van der Waals surface area contributed by atoms with Crippen LogP contribution in [-0.4, -0.2) is 37.0 Å². The third kappa shape index (κ3) is 3.97. The summed E-state index contributed by atoms with van der Waals surface area (Å²) in [4.78, 5) is 14.5. The Balaban J connectivity index is 1.78. The molecule has 1 amide bonds. The lowest BCUT2D eigenvalue weighted by Crippen LogP contribution is -2.42. The highest BCUT2D eigenvalue weighted by atomic mass is 16.2. The summed E-state index contributed by atoms with van der Waals surface area (Å²) in [5.41, 5.74) is 0.397. The average molecular weight is 280 g/mol. The van der Waals surface area contributed by atoms with Crippen molar-refractivity contribution in [3.05, 3.63) is 0 Å². The molecule has 1 aliphatic carbocycles. The van der Waals surface area contributed by atoms with E-state index in [1.165, 1.54) is 25.7 Å². The molecule has 1 saturated carbocycles. The molecule has 116 valence electrons. The highest BCUT2D eigenvalue weighted by Crippen LogP contribution is 2.40. The van der Waals surface area contributed by atoms with Crippen LogP contribution < -0.4 is 5.32 Å². The van der Waals surface area contributed by atoms with Crippen molar-refractivity contribution in [1.82, 2.24) is 10.2 Å². The van der Waals surface area contributed by atoms with Crippen molar-refractivity contribution in [2.45, 2.75) is 65.3 Å².